The number of carbonyl (C=O) groups excluding carboxylic acids is 2. The molecule has 0 fully saturated rings. The van der Waals surface area contributed by atoms with Crippen molar-refractivity contribution < 1.29 is 19.5 Å². The van der Waals surface area contributed by atoms with Gasteiger partial charge in [-0.3, -0.25) is 14.5 Å². The quantitative estimate of drug-likeness (QED) is 0.192. The lowest BCUT2D eigenvalue weighted by molar-refractivity contribution is 0.0649. The molecule has 2 rings (SSSR count). The van der Waals surface area contributed by atoms with Crippen LogP contribution in [0.3, 0.4) is 0 Å². The molecule has 0 saturated heterocycles. The van der Waals surface area contributed by atoms with Gasteiger partial charge in [0.15, 0.2) is 0 Å². The summed E-state index contributed by atoms with van der Waals surface area (Å²) < 4.78 is 0. The highest BCUT2D eigenvalue weighted by Crippen LogP contribution is 2.24. The molecule has 1 aliphatic rings. The van der Waals surface area contributed by atoms with E-state index >= 15 is 0 Å². The number of imide groups is 1. The predicted molar refractivity (Wildman–Crippen MR) is 128 cm³/mol. The Kier molecular flexibility index (Phi) is 12.1. The standard InChI is InChI=1S/C27H41NO4/c1-2-3-4-5-6-7-8-9-10-11-12-13-14-15-16-17-20-28-25(29)23-19-18-22(27(31)32)21-24(23)26(28)30/h18-19,21H,2-17,20H2,1H3,(H,31,32). The number of aromatic carboxylic acids is 1. The van der Waals surface area contributed by atoms with E-state index in [2.05, 4.69) is 6.92 Å². The first-order valence-corrected chi connectivity index (χ1v) is 12.8. The van der Waals surface area contributed by atoms with Gasteiger partial charge in [-0.1, -0.05) is 103 Å². The average molecular weight is 444 g/mol. The number of hydrogen-bond acceptors (Lipinski definition) is 3. The summed E-state index contributed by atoms with van der Waals surface area (Å²) in [5.41, 5.74) is 0.567. The Balaban J connectivity index is 1.47. The van der Waals surface area contributed by atoms with Crippen LogP contribution in [0, 0.1) is 0 Å². The van der Waals surface area contributed by atoms with Crippen LogP contribution in [0.25, 0.3) is 0 Å². The van der Waals surface area contributed by atoms with Crippen molar-refractivity contribution in [1.82, 2.24) is 4.90 Å². The van der Waals surface area contributed by atoms with Crippen molar-refractivity contribution in [2.75, 3.05) is 6.54 Å². The molecule has 1 N–H and O–H groups in total. The van der Waals surface area contributed by atoms with Crippen LogP contribution in [-0.4, -0.2) is 34.3 Å². The second-order valence-electron chi connectivity index (χ2n) is 9.13. The highest BCUT2D eigenvalue weighted by molar-refractivity contribution is 6.21. The van der Waals surface area contributed by atoms with Crippen LogP contribution >= 0.6 is 0 Å². The van der Waals surface area contributed by atoms with Crippen LogP contribution in [0.4, 0.5) is 0 Å². The maximum Gasteiger partial charge on any atom is 0.335 e. The second kappa shape index (κ2) is 14.8. The zero-order chi connectivity index (χ0) is 23.2. The number of carboxylic acids is 1. The first kappa shape index (κ1) is 26.1. The largest absolute Gasteiger partial charge is 0.478 e. The van der Waals surface area contributed by atoms with Gasteiger partial charge in [0.25, 0.3) is 11.8 Å². The van der Waals surface area contributed by atoms with Crippen molar-refractivity contribution in [3.63, 3.8) is 0 Å². The number of rotatable bonds is 18. The normalized spacial score (nSPS) is 13.1. The number of unbranched alkanes of at least 4 members (excludes halogenated alkanes) is 15. The minimum Gasteiger partial charge on any atom is -0.478 e. The molecule has 0 aromatic heterocycles. The van der Waals surface area contributed by atoms with Crippen LogP contribution in [0.15, 0.2) is 18.2 Å². The lowest BCUT2D eigenvalue weighted by atomic mass is 10.0. The lowest BCUT2D eigenvalue weighted by Gasteiger charge is -2.13. The molecular weight excluding hydrogens is 402 g/mol. The van der Waals surface area contributed by atoms with Gasteiger partial charge in [0.1, 0.15) is 0 Å². The summed E-state index contributed by atoms with van der Waals surface area (Å²) in [4.78, 5) is 37.3. The zero-order valence-electron chi connectivity index (χ0n) is 19.9. The highest BCUT2D eigenvalue weighted by Gasteiger charge is 2.35. The van der Waals surface area contributed by atoms with Gasteiger partial charge >= 0.3 is 5.97 Å². The Labute approximate surface area is 193 Å². The van der Waals surface area contributed by atoms with Crippen molar-refractivity contribution in [3.05, 3.63) is 34.9 Å². The number of benzene rings is 1. The van der Waals surface area contributed by atoms with E-state index in [-0.39, 0.29) is 22.9 Å². The van der Waals surface area contributed by atoms with Crippen LogP contribution in [0.5, 0.6) is 0 Å². The maximum atomic E-state index is 12.5. The minimum absolute atomic E-state index is 0.0363. The molecular formula is C27H41NO4. The Bertz CT molecular complexity index is 743. The first-order chi connectivity index (χ1) is 15.6. The minimum atomic E-state index is -1.09. The summed E-state index contributed by atoms with van der Waals surface area (Å²) in [7, 11) is 0. The van der Waals surface area contributed by atoms with Gasteiger partial charge in [-0.15, -0.1) is 0 Å². The van der Waals surface area contributed by atoms with Crippen LogP contribution < -0.4 is 0 Å². The Hall–Kier alpha value is -2.17. The molecule has 5 heteroatoms. The molecule has 178 valence electrons. The second-order valence-corrected chi connectivity index (χ2v) is 9.13. The third-order valence-corrected chi connectivity index (χ3v) is 6.45. The molecule has 32 heavy (non-hydrogen) atoms. The monoisotopic (exact) mass is 443 g/mol. The summed E-state index contributed by atoms with van der Waals surface area (Å²) in [5, 5.41) is 9.08. The Morgan fingerprint density at radius 3 is 1.59 bits per heavy atom. The smallest absolute Gasteiger partial charge is 0.335 e. The van der Waals surface area contributed by atoms with Gasteiger partial charge in [-0.05, 0) is 24.6 Å². The zero-order valence-corrected chi connectivity index (χ0v) is 19.9. The fraction of sp³-hybridized carbons (Fsp3) is 0.667. The van der Waals surface area contributed by atoms with Gasteiger partial charge < -0.3 is 5.11 Å². The number of hydrogen-bond donors (Lipinski definition) is 1. The fourth-order valence-corrected chi connectivity index (χ4v) is 4.44. The fourth-order valence-electron chi connectivity index (χ4n) is 4.44. The third kappa shape index (κ3) is 8.40. The molecule has 1 aromatic carbocycles. The molecule has 1 aliphatic heterocycles. The molecule has 0 unspecified atom stereocenters. The van der Waals surface area contributed by atoms with Crippen LogP contribution in [-0.2, 0) is 0 Å². The van der Waals surface area contributed by atoms with Crippen molar-refractivity contribution in [3.8, 4) is 0 Å². The number of fused-ring (bicyclic) bond motifs is 1. The summed E-state index contributed by atoms with van der Waals surface area (Å²) in [5.74, 6) is -1.76. The third-order valence-electron chi connectivity index (χ3n) is 6.45. The average Bonchev–Trinajstić information content (AvgIpc) is 3.03. The van der Waals surface area contributed by atoms with Crippen molar-refractivity contribution in [1.29, 1.82) is 0 Å². The molecule has 5 nitrogen and oxygen atoms in total. The number of nitrogens with zero attached hydrogens (tertiary/aromatic N) is 1. The van der Waals surface area contributed by atoms with E-state index in [4.69, 9.17) is 5.11 Å². The Morgan fingerprint density at radius 2 is 1.12 bits per heavy atom. The van der Waals surface area contributed by atoms with Gasteiger partial charge in [-0.25, -0.2) is 4.79 Å². The number of carboxylic acid groups (broad SMARTS) is 1. The van der Waals surface area contributed by atoms with Gasteiger partial charge in [0.05, 0.1) is 16.7 Å². The van der Waals surface area contributed by atoms with Gasteiger partial charge in [0.2, 0.25) is 0 Å². The molecule has 0 atom stereocenters. The topological polar surface area (TPSA) is 74.7 Å². The van der Waals surface area contributed by atoms with Gasteiger partial charge in [0, 0.05) is 6.54 Å². The molecule has 2 amide bonds. The molecule has 0 radical (unpaired) electrons. The van der Waals surface area contributed by atoms with E-state index < -0.39 is 5.97 Å². The van der Waals surface area contributed by atoms with Gasteiger partial charge in [-0.2, -0.15) is 0 Å². The summed E-state index contributed by atoms with van der Waals surface area (Å²) >= 11 is 0. The number of carbonyl (C=O) groups is 3. The van der Waals surface area contributed by atoms with Crippen LogP contribution in [0.1, 0.15) is 141 Å². The first-order valence-electron chi connectivity index (χ1n) is 12.8. The maximum absolute atomic E-state index is 12.5. The van der Waals surface area contributed by atoms with E-state index in [1.165, 1.54) is 107 Å². The van der Waals surface area contributed by atoms with E-state index in [9.17, 15) is 14.4 Å². The van der Waals surface area contributed by atoms with E-state index in [0.717, 1.165) is 19.3 Å². The molecule has 0 saturated carbocycles. The van der Waals surface area contributed by atoms with E-state index in [1.807, 2.05) is 0 Å². The van der Waals surface area contributed by atoms with E-state index in [1.54, 1.807) is 0 Å². The van der Waals surface area contributed by atoms with Crippen LogP contribution in [0.2, 0.25) is 0 Å². The lowest BCUT2D eigenvalue weighted by Crippen LogP contribution is -2.30. The molecule has 0 spiro atoms. The number of amides is 2. The van der Waals surface area contributed by atoms with Crippen molar-refractivity contribution in [2.45, 2.75) is 110 Å². The summed E-state index contributed by atoms with van der Waals surface area (Å²) in [6.07, 6.45) is 20.5. The molecule has 1 aromatic rings. The summed E-state index contributed by atoms with van der Waals surface area (Å²) in [6.45, 7) is 2.67. The Morgan fingerprint density at radius 1 is 0.688 bits per heavy atom. The predicted octanol–water partition coefficient (Wildman–Crippen LogP) is 7.24. The molecule has 0 aliphatic carbocycles. The van der Waals surface area contributed by atoms with Crippen molar-refractivity contribution in [2.24, 2.45) is 0 Å². The highest BCUT2D eigenvalue weighted by atomic mass is 16.4. The van der Waals surface area contributed by atoms with E-state index in [0.29, 0.717) is 12.1 Å². The summed E-state index contributed by atoms with van der Waals surface area (Å²) in [6, 6.07) is 4.14. The molecule has 0 bridgehead atoms. The SMILES string of the molecule is CCCCCCCCCCCCCCCCCCN1C(=O)c2ccc(C(=O)O)cc2C1=O. The van der Waals surface area contributed by atoms with Crippen molar-refractivity contribution >= 4 is 17.8 Å². The molecule has 1 heterocycles.